The molecule has 1 aromatic carbocycles. The second kappa shape index (κ2) is 5.71. The van der Waals surface area contributed by atoms with Crippen LogP contribution in [0.15, 0.2) is 24.3 Å². The van der Waals surface area contributed by atoms with Gasteiger partial charge < -0.3 is 10.4 Å². The van der Waals surface area contributed by atoms with Crippen molar-refractivity contribution in [2.24, 2.45) is 5.92 Å². The standard InChI is InChI=1S/C13H16INO2/c14-11-3-1-2-4-12(11)15-10-7-5-9(6-8-10)13(16)17/h1-4,9-10,15H,5-8H2,(H,16,17). The summed E-state index contributed by atoms with van der Waals surface area (Å²) in [6.07, 6.45) is 3.47. The zero-order chi connectivity index (χ0) is 12.3. The third-order valence-corrected chi connectivity index (χ3v) is 4.25. The van der Waals surface area contributed by atoms with Gasteiger partial charge in [-0.25, -0.2) is 0 Å². The Hall–Kier alpha value is -0.780. The Morgan fingerprint density at radius 2 is 1.88 bits per heavy atom. The van der Waals surface area contributed by atoms with Gasteiger partial charge in [0.15, 0.2) is 0 Å². The average molecular weight is 345 g/mol. The van der Waals surface area contributed by atoms with Crippen LogP contribution in [0.4, 0.5) is 5.69 Å². The topological polar surface area (TPSA) is 49.3 Å². The van der Waals surface area contributed by atoms with Crippen LogP contribution in [0, 0.1) is 9.49 Å². The zero-order valence-electron chi connectivity index (χ0n) is 9.53. The lowest BCUT2D eigenvalue weighted by atomic mass is 9.86. The maximum atomic E-state index is 10.9. The van der Waals surface area contributed by atoms with Crippen LogP contribution in [0.25, 0.3) is 0 Å². The number of hydrogen-bond acceptors (Lipinski definition) is 2. The molecule has 0 aromatic heterocycles. The van der Waals surface area contributed by atoms with Crippen LogP contribution in [-0.2, 0) is 4.79 Å². The molecule has 0 aliphatic heterocycles. The summed E-state index contributed by atoms with van der Waals surface area (Å²) in [7, 11) is 0. The molecule has 0 spiro atoms. The van der Waals surface area contributed by atoms with E-state index in [0.717, 1.165) is 31.4 Å². The number of nitrogens with one attached hydrogen (secondary N) is 1. The van der Waals surface area contributed by atoms with Crippen molar-refractivity contribution in [3.8, 4) is 0 Å². The van der Waals surface area contributed by atoms with E-state index in [1.54, 1.807) is 0 Å². The molecule has 0 bridgehead atoms. The molecular formula is C13H16INO2. The Kier molecular flexibility index (Phi) is 4.25. The highest BCUT2D eigenvalue weighted by Gasteiger charge is 2.25. The van der Waals surface area contributed by atoms with Crippen LogP contribution in [-0.4, -0.2) is 17.1 Å². The van der Waals surface area contributed by atoms with Crippen molar-refractivity contribution in [2.45, 2.75) is 31.7 Å². The van der Waals surface area contributed by atoms with Gasteiger partial charge in [-0.05, 0) is 60.4 Å². The summed E-state index contributed by atoms with van der Waals surface area (Å²) in [5.74, 6) is -0.777. The highest BCUT2D eigenvalue weighted by atomic mass is 127. The van der Waals surface area contributed by atoms with Crippen molar-refractivity contribution < 1.29 is 9.90 Å². The van der Waals surface area contributed by atoms with E-state index in [-0.39, 0.29) is 5.92 Å². The van der Waals surface area contributed by atoms with Crippen LogP contribution < -0.4 is 5.32 Å². The number of hydrogen-bond donors (Lipinski definition) is 2. The van der Waals surface area contributed by atoms with Gasteiger partial charge in [-0.2, -0.15) is 0 Å². The van der Waals surface area contributed by atoms with E-state index in [2.05, 4.69) is 40.0 Å². The molecule has 0 atom stereocenters. The molecule has 0 unspecified atom stereocenters. The van der Waals surface area contributed by atoms with E-state index in [0.29, 0.717) is 6.04 Å². The van der Waals surface area contributed by atoms with Crippen molar-refractivity contribution in [2.75, 3.05) is 5.32 Å². The number of benzene rings is 1. The van der Waals surface area contributed by atoms with Gasteiger partial charge in [0.2, 0.25) is 0 Å². The van der Waals surface area contributed by atoms with Crippen molar-refractivity contribution in [3.05, 3.63) is 27.8 Å². The van der Waals surface area contributed by atoms with Gasteiger partial charge in [0.25, 0.3) is 0 Å². The minimum atomic E-state index is -0.641. The van der Waals surface area contributed by atoms with E-state index in [1.165, 1.54) is 3.57 Å². The Balaban J connectivity index is 1.90. The van der Waals surface area contributed by atoms with E-state index in [1.807, 2.05) is 12.1 Å². The first-order valence-corrected chi connectivity index (χ1v) is 6.98. The maximum Gasteiger partial charge on any atom is 0.306 e. The van der Waals surface area contributed by atoms with E-state index >= 15 is 0 Å². The molecule has 2 rings (SSSR count). The molecule has 1 aliphatic carbocycles. The fourth-order valence-electron chi connectivity index (χ4n) is 2.28. The highest BCUT2D eigenvalue weighted by molar-refractivity contribution is 14.1. The minimum Gasteiger partial charge on any atom is -0.481 e. The lowest BCUT2D eigenvalue weighted by molar-refractivity contribution is -0.142. The smallest absolute Gasteiger partial charge is 0.306 e. The van der Waals surface area contributed by atoms with E-state index in [4.69, 9.17) is 5.11 Å². The van der Waals surface area contributed by atoms with Crippen LogP contribution in [0.5, 0.6) is 0 Å². The average Bonchev–Trinajstić information content (AvgIpc) is 2.33. The first-order chi connectivity index (χ1) is 8.16. The number of para-hydroxylation sites is 1. The molecule has 0 amide bonds. The fraction of sp³-hybridized carbons (Fsp3) is 0.462. The quantitative estimate of drug-likeness (QED) is 0.826. The molecular weight excluding hydrogens is 329 g/mol. The molecule has 1 aromatic rings. The number of anilines is 1. The van der Waals surface area contributed by atoms with Gasteiger partial charge in [-0.1, -0.05) is 12.1 Å². The van der Waals surface area contributed by atoms with Gasteiger partial charge in [-0.15, -0.1) is 0 Å². The van der Waals surface area contributed by atoms with Crippen LogP contribution in [0.1, 0.15) is 25.7 Å². The van der Waals surface area contributed by atoms with Gasteiger partial charge in [0, 0.05) is 15.3 Å². The molecule has 0 saturated heterocycles. The molecule has 0 radical (unpaired) electrons. The second-order valence-corrected chi connectivity index (χ2v) is 5.67. The predicted octanol–water partition coefficient (Wildman–Crippen LogP) is 3.35. The zero-order valence-corrected chi connectivity index (χ0v) is 11.7. The number of aliphatic carboxylic acids is 1. The largest absolute Gasteiger partial charge is 0.481 e. The molecule has 1 aliphatic rings. The number of rotatable bonds is 3. The van der Waals surface area contributed by atoms with Gasteiger partial charge in [0.1, 0.15) is 0 Å². The van der Waals surface area contributed by atoms with Crippen LogP contribution in [0.3, 0.4) is 0 Å². The number of carboxylic acid groups (broad SMARTS) is 1. The first kappa shape index (κ1) is 12.7. The summed E-state index contributed by atoms with van der Waals surface area (Å²) >= 11 is 2.31. The summed E-state index contributed by atoms with van der Waals surface area (Å²) < 4.78 is 1.21. The maximum absolute atomic E-state index is 10.9. The second-order valence-electron chi connectivity index (χ2n) is 4.51. The molecule has 0 heterocycles. The third-order valence-electron chi connectivity index (χ3n) is 3.31. The lowest BCUT2D eigenvalue weighted by Crippen LogP contribution is -2.29. The molecule has 1 fully saturated rings. The summed E-state index contributed by atoms with van der Waals surface area (Å²) in [5, 5.41) is 12.4. The minimum absolute atomic E-state index is 0.136. The predicted molar refractivity (Wildman–Crippen MR) is 76.2 cm³/mol. The molecule has 2 N–H and O–H groups in total. The van der Waals surface area contributed by atoms with Crippen molar-refractivity contribution in [1.29, 1.82) is 0 Å². The fourth-order valence-corrected chi connectivity index (χ4v) is 2.83. The van der Waals surface area contributed by atoms with Crippen molar-refractivity contribution in [3.63, 3.8) is 0 Å². The summed E-state index contributed by atoms with van der Waals surface area (Å²) in [5.41, 5.74) is 1.16. The highest BCUT2D eigenvalue weighted by Crippen LogP contribution is 2.28. The normalized spacial score (nSPS) is 24.3. The molecule has 1 saturated carbocycles. The third kappa shape index (κ3) is 3.34. The lowest BCUT2D eigenvalue weighted by Gasteiger charge is -2.28. The molecule has 92 valence electrons. The summed E-state index contributed by atoms with van der Waals surface area (Å²) in [6, 6.07) is 8.61. The monoisotopic (exact) mass is 345 g/mol. The SMILES string of the molecule is O=C(O)C1CCC(Nc2ccccc2I)CC1. The Bertz CT molecular complexity index is 400. The van der Waals surface area contributed by atoms with Gasteiger partial charge in [0.05, 0.1) is 5.92 Å². The Labute approximate surface area is 115 Å². The number of carbonyl (C=O) groups is 1. The van der Waals surface area contributed by atoms with Crippen molar-refractivity contribution in [1.82, 2.24) is 0 Å². The van der Waals surface area contributed by atoms with Crippen LogP contribution in [0.2, 0.25) is 0 Å². The van der Waals surface area contributed by atoms with Gasteiger partial charge in [-0.3, -0.25) is 4.79 Å². The van der Waals surface area contributed by atoms with E-state index in [9.17, 15) is 4.79 Å². The van der Waals surface area contributed by atoms with Gasteiger partial charge >= 0.3 is 5.97 Å². The van der Waals surface area contributed by atoms with Crippen LogP contribution >= 0.6 is 22.6 Å². The first-order valence-electron chi connectivity index (χ1n) is 5.90. The molecule has 3 nitrogen and oxygen atoms in total. The number of carboxylic acids is 1. The Morgan fingerprint density at radius 1 is 1.24 bits per heavy atom. The summed E-state index contributed by atoms with van der Waals surface area (Å²) in [4.78, 5) is 10.9. The molecule has 4 heteroatoms. The van der Waals surface area contributed by atoms with Crippen molar-refractivity contribution >= 4 is 34.2 Å². The Morgan fingerprint density at radius 3 is 2.47 bits per heavy atom. The summed E-state index contributed by atoms with van der Waals surface area (Å²) in [6.45, 7) is 0. The van der Waals surface area contributed by atoms with E-state index < -0.39 is 5.97 Å². The number of halogens is 1. The molecule has 17 heavy (non-hydrogen) atoms.